The normalized spacial score (nSPS) is 22.1. The minimum absolute atomic E-state index is 0.0184. The van der Waals surface area contributed by atoms with Gasteiger partial charge in [0.2, 0.25) is 0 Å². The van der Waals surface area contributed by atoms with E-state index in [0.29, 0.717) is 22.1 Å². The van der Waals surface area contributed by atoms with Gasteiger partial charge in [0.1, 0.15) is 11.5 Å². The molecule has 1 spiro atoms. The molecule has 1 heterocycles. The largest absolute Gasteiger partial charge is 0.507 e. The van der Waals surface area contributed by atoms with Gasteiger partial charge in [0.25, 0.3) is 0 Å². The number of ether oxygens (including phenoxy) is 3. The van der Waals surface area contributed by atoms with E-state index in [9.17, 15) is 19.5 Å². The summed E-state index contributed by atoms with van der Waals surface area (Å²) in [6.07, 6.45) is 2.46. The number of carbonyl (C=O) groups is 3. The lowest BCUT2D eigenvalue weighted by molar-refractivity contribution is -0.124. The Labute approximate surface area is 175 Å². The lowest BCUT2D eigenvalue weighted by Crippen LogP contribution is -2.43. The van der Waals surface area contributed by atoms with Crippen LogP contribution in [0.5, 0.6) is 17.2 Å². The monoisotopic (exact) mass is 426 g/mol. The van der Waals surface area contributed by atoms with Crippen molar-refractivity contribution in [1.29, 1.82) is 0 Å². The number of phenolic OH excluding ortho intramolecular Hbond substituents is 1. The van der Waals surface area contributed by atoms with Crippen LogP contribution in [0.25, 0.3) is 10.8 Å². The molecule has 7 nitrogen and oxygen atoms in total. The number of Topliss-reactive ketones (excluding diaryl/α,β-unsaturated/α-hetero) is 1. The summed E-state index contributed by atoms with van der Waals surface area (Å²) in [5.41, 5.74) is -0.965. The van der Waals surface area contributed by atoms with Crippen molar-refractivity contribution in [3.05, 3.63) is 52.1 Å². The summed E-state index contributed by atoms with van der Waals surface area (Å²) in [7, 11) is 1.46. The standard InChI is InChI=1S/C22H15ClO7/c1-28-9-29-21-11(23)8-10-17-16(5-4-13(25)19(17)21)30-22(10)7-6-14(26)18-12(24)2-3-15(27)20(18)22/h2-5,8,25H,6-7,9H2,1H3/t22-/m0/s1. The number of carbonyl (C=O) groups excluding carboxylic acids is 3. The van der Waals surface area contributed by atoms with Gasteiger partial charge in [-0.25, -0.2) is 0 Å². The first-order chi connectivity index (χ1) is 14.4. The molecule has 0 saturated heterocycles. The molecule has 3 aliphatic rings. The average Bonchev–Trinajstić information content (AvgIpc) is 3.03. The van der Waals surface area contributed by atoms with Crippen LogP contribution in [0.15, 0.2) is 41.5 Å². The van der Waals surface area contributed by atoms with Crippen molar-refractivity contribution >= 4 is 39.7 Å². The van der Waals surface area contributed by atoms with Crippen LogP contribution in [0.3, 0.4) is 0 Å². The van der Waals surface area contributed by atoms with Gasteiger partial charge in [0, 0.05) is 30.9 Å². The molecule has 1 N–H and O–H groups in total. The van der Waals surface area contributed by atoms with Crippen molar-refractivity contribution in [3.63, 3.8) is 0 Å². The van der Waals surface area contributed by atoms with E-state index in [4.69, 9.17) is 25.8 Å². The van der Waals surface area contributed by atoms with Gasteiger partial charge >= 0.3 is 0 Å². The van der Waals surface area contributed by atoms with E-state index < -0.39 is 17.2 Å². The van der Waals surface area contributed by atoms with Crippen LogP contribution < -0.4 is 9.47 Å². The average molecular weight is 427 g/mol. The van der Waals surface area contributed by atoms with Crippen LogP contribution in [0.2, 0.25) is 5.02 Å². The molecule has 2 aromatic carbocycles. The van der Waals surface area contributed by atoms with E-state index in [1.165, 1.54) is 13.2 Å². The predicted molar refractivity (Wildman–Crippen MR) is 106 cm³/mol. The maximum Gasteiger partial charge on any atom is 0.190 e. The van der Waals surface area contributed by atoms with Crippen LogP contribution in [-0.2, 0) is 24.7 Å². The zero-order chi connectivity index (χ0) is 21.2. The van der Waals surface area contributed by atoms with Gasteiger partial charge in [0.15, 0.2) is 35.5 Å². The van der Waals surface area contributed by atoms with Gasteiger partial charge in [-0.2, -0.15) is 0 Å². The minimum atomic E-state index is -1.35. The summed E-state index contributed by atoms with van der Waals surface area (Å²) >= 11 is 6.49. The highest BCUT2D eigenvalue weighted by molar-refractivity contribution is 6.35. The maximum atomic E-state index is 12.9. The number of phenols is 1. The summed E-state index contributed by atoms with van der Waals surface area (Å²) in [6, 6.07) is 4.61. The van der Waals surface area contributed by atoms with Gasteiger partial charge < -0.3 is 19.3 Å². The Bertz CT molecular complexity index is 1240. The maximum absolute atomic E-state index is 12.9. The summed E-state index contributed by atoms with van der Waals surface area (Å²) in [6.45, 7) is -0.0918. The molecule has 1 atom stereocenters. The van der Waals surface area contributed by atoms with E-state index in [0.717, 1.165) is 12.2 Å². The first-order valence-corrected chi connectivity index (χ1v) is 9.61. The molecule has 2 aliphatic carbocycles. The lowest BCUT2D eigenvalue weighted by Gasteiger charge is -2.37. The van der Waals surface area contributed by atoms with Gasteiger partial charge in [-0.3, -0.25) is 14.4 Å². The quantitative estimate of drug-likeness (QED) is 0.457. The van der Waals surface area contributed by atoms with Crippen molar-refractivity contribution in [2.24, 2.45) is 0 Å². The van der Waals surface area contributed by atoms with E-state index in [-0.39, 0.29) is 53.1 Å². The minimum Gasteiger partial charge on any atom is -0.507 e. The Kier molecular flexibility index (Phi) is 4.03. The van der Waals surface area contributed by atoms with E-state index in [2.05, 4.69) is 0 Å². The number of methoxy groups -OCH3 is 1. The molecule has 0 radical (unpaired) electrons. The molecule has 0 saturated carbocycles. The second-order valence-electron chi connectivity index (χ2n) is 7.28. The van der Waals surface area contributed by atoms with Crippen LogP contribution in [0.1, 0.15) is 18.4 Å². The molecular weight excluding hydrogens is 412 g/mol. The smallest absolute Gasteiger partial charge is 0.190 e. The summed E-state index contributed by atoms with van der Waals surface area (Å²) < 4.78 is 16.8. The van der Waals surface area contributed by atoms with E-state index in [1.54, 1.807) is 12.1 Å². The highest BCUT2D eigenvalue weighted by atomic mass is 35.5. The Morgan fingerprint density at radius 1 is 1.17 bits per heavy atom. The molecule has 0 amide bonds. The first-order valence-electron chi connectivity index (χ1n) is 9.23. The molecule has 1 aliphatic heterocycles. The van der Waals surface area contributed by atoms with Crippen LogP contribution >= 0.6 is 11.6 Å². The van der Waals surface area contributed by atoms with Crippen molar-refractivity contribution < 1.29 is 33.7 Å². The third-order valence-corrected chi connectivity index (χ3v) is 5.97. The molecular formula is C22H15ClO7. The zero-order valence-electron chi connectivity index (χ0n) is 15.8. The third-order valence-electron chi connectivity index (χ3n) is 5.69. The summed E-state index contributed by atoms with van der Waals surface area (Å²) in [5, 5.41) is 11.6. The molecule has 152 valence electrons. The second kappa shape index (κ2) is 6.42. The van der Waals surface area contributed by atoms with Crippen molar-refractivity contribution in [3.8, 4) is 17.2 Å². The molecule has 0 fully saturated rings. The molecule has 5 rings (SSSR count). The molecule has 8 heteroatoms. The number of allylic oxidation sites excluding steroid dienone is 3. The van der Waals surface area contributed by atoms with Gasteiger partial charge in [-0.15, -0.1) is 0 Å². The topological polar surface area (TPSA) is 99.1 Å². The molecule has 30 heavy (non-hydrogen) atoms. The predicted octanol–water partition coefficient (Wildman–Crippen LogP) is 3.14. The van der Waals surface area contributed by atoms with Crippen LogP contribution in [0.4, 0.5) is 0 Å². The van der Waals surface area contributed by atoms with Crippen LogP contribution in [-0.4, -0.2) is 36.4 Å². The Morgan fingerprint density at radius 2 is 1.93 bits per heavy atom. The molecule has 2 aromatic rings. The number of halogens is 1. The number of benzene rings is 2. The Hall–Kier alpha value is -3.16. The van der Waals surface area contributed by atoms with Gasteiger partial charge in [-0.1, -0.05) is 11.6 Å². The number of ketones is 3. The summed E-state index contributed by atoms with van der Waals surface area (Å²) in [5.74, 6) is -0.839. The highest BCUT2D eigenvalue weighted by Crippen LogP contribution is 2.58. The summed E-state index contributed by atoms with van der Waals surface area (Å²) in [4.78, 5) is 37.8. The number of aromatic hydroxyl groups is 1. The van der Waals surface area contributed by atoms with Crippen molar-refractivity contribution in [1.82, 2.24) is 0 Å². The number of rotatable bonds is 3. The van der Waals surface area contributed by atoms with Crippen molar-refractivity contribution in [2.45, 2.75) is 18.4 Å². The van der Waals surface area contributed by atoms with Gasteiger partial charge in [-0.05, 0) is 30.4 Å². The first kappa shape index (κ1) is 18.8. The van der Waals surface area contributed by atoms with Crippen LogP contribution in [0, 0.1) is 0 Å². The van der Waals surface area contributed by atoms with Gasteiger partial charge in [0.05, 0.1) is 21.6 Å². The fourth-order valence-corrected chi connectivity index (χ4v) is 4.77. The lowest BCUT2D eigenvalue weighted by atomic mass is 9.70. The van der Waals surface area contributed by atoms with E-state index >= 15 is 0 Å². The number of hydrogen-bond acceptors (Lipinski definition) is 7. The molecule has 0 aromatic heterocycles. The number of hydrogen-bond donors (Lipinski definition) is 1. The zero-order valence-corrected chi connectivity index (χ0v) is 16.5. The second-order valence-corrected chi connectivity index (χ2v) is 7.69. The SMILES string of the molecule is COCOc1c(Cl)cc2c3c(ccc(O)c13)O[C@@]21CCC(=O)C2=C1C(=O)C=CC2=O. The highest BCUT2D eigenvalue weighted by Gasteiger charge is 2.54. The fourth-order valence-electron chi connectivity index (χ4n) is 4.51. The molecule has 0 unspecified atom stereocenters. The van der Waals surface area contributed by atoms with E-state index in [1.807, 2.05) is 0 Å². The van der Waals surface area contributed by atoms with Crippen molar-refractivity contribution in [2.75, 3.05) is 13.9 Å². The Morgan fingerprint density at radius 3 is 2.70 bits per heavy atom. The fraction of sp³-hybridized carbons (Fsp3) is 0.227. The third kappa shape index (κ3) is 2.33. The molecule has 0 bridgehead atoms. The number of fused-ring (bicyclic) bond motifs is 2. The Balaban J connectivity index is 1.84.